The summed E-state index contributed by atoms with van der Waals surface area (Å²) < 4.78 is 5.75. The number of nitrogens with two attached hydrogens (primary N) is 1. The van der Waals surface area contributed by atoms with E-state index in [1.165, 1.54) is 5.56 Å². The van der Waals surface area contributed by atoms with Crippen LogP contribution in [0.1, 0.15) is 5.56 Å². The van der Waals surface area contributed by atoms with E-state index in [4.69, 9.17) is 10.5 Å². The molecule has 7 nitrogen and oxygen atoms in total. The Morgan fingerprint density at radius 3 is 3.09 bits per heavy atom. The van der Waals surface area contributed by atoms with Gasteiger partial charge in [0.15, 0.2) is 11.5 Å². The number of aromatic amines is 2. The van der Waals surface area contributed by atoms with Crippen LogP contribution in [0.5, 0.6) is 0 Å². The molecule has 4 rings (SSSR count). The fourth-order valence-electron chi connectivity index (χ4n) is 2.79. The van der Waals surface area contributed by atoms with Crippen LogP contribution in [0.25, 0.3) is 22.6 Å². The Labute approximate surface area is 127 Å². The number of aromatic nitrogens is 4. The number of rotatable bonds is 3. The van der Waals surface area contributed by atoms with Gasteiger partial charge in [0.2, 0.25) is 0 Å². The van der Waals surface area contributed by atoms with Crippen LogP contribution in [-0.2, 0) is 11.2 Å². The van der Waals surface area contributed by atoms with Gasteiger partial charge in [0.25, 0.3) is 0 Å². The molecule has 7 heteroatoms. The molecule has 114 valence electrons. The number of nitrogens with one attached hydrogen (secondary N) is 3. The minimum Gasteiger partial charge on any atom is -0.396 e. The molecule has 1 aliphatic heterocycles. The zero-order chi connectivity index (χ0) is 14.9. The van der Waals surface area contributed by atoms with Gasteiger partial charge in [-0.15, -0.1) is 0 Å². The quantitative estimate of drug-likeness (QED) is 0.579. The van der Waals surface area contributed by atoms with Crippen LogP contribution in [0.4, 0.5) is 5.69 Å². The fourth-order valence-corrected chi connectivity index (χ4v) is 2.79. The Hall–Kier alpha value is -2.38. The highest BCUT2D eigenvalue weighted by atomic mass is 16.5. The minimum atomic E-state index is 0.228. The molecule has 1 unspecified atom stereocenters. The highest BCUT2D eigenvalue weighted by molar-refractivity contribution is 5.81. The van der Waals surface area contributed by atoms with Crippen molar-refractivity contribution in [3.05, 3.63) is 30.0 Å². The summed E-state index contributed by atoms with van der Waals surface area (Å²) in [5, 5.41) is 10.2. The maximum Gasteiger partial charge on any atom is 0.161 e. The average molecular weight is 298 g/mol. The molecule has 22 heavy (non-hydrogen) atoms. The number of nitrogens with zero attached hydrogens (tertiary/aromatic N) is 2. The molecule has 1 atom stereocenters. The van der Waals surface area contributed by atoms with Crippen molar-refractivity contribution in [2.45, 2.75) is 12.5 Å². The van der Waals surface area contributed by atoms with Gasteiger partial charge in [0, 0.05) is 19.3 Å². The van der Waals surface area contributed by atoms with Crippen molar-refractivity contribution in [3.63, 3.8) is 0 Å². The number of imidazole rings is 1. The molecule has 0 amide bonds. The van der Waals surface area contributed by atoms with Crippen molar-refractivity contribution >= 4 is 16.7 Å². The van der Waals surface area contributed by atoms with Crippen molar-refractivity contribution < 1.29 is 4.74 Å². The lowest BCUT2D eigenvalue weighted by Gasteiger charge is -2.23. The number of morpholine rings is 1. The summed E-state index contributed by atoms with van der Waals surface area (Å²) in [6, 6.07) is 6.24. The van der Waals surface area contributed by atoms with Gasteiger partial charge in [-0.25, -0.2) is 4.98 Å². The van der Waals surface area contributed by atoms with E-state index in [0.717, 1.165) is 37.2 Å². The van der Waals surface area contributed by atoms with Crippen LogP contribution in [-0.4, -0.2) is 46.0 Å². The van der Waals surface area contributed by atoms with Crippen LogP contribution in [0.2, 0.25) is 0 Å². The summed E-state index contributed by atoms with van der Waals surface area (Å²) in [5.41, 5.74) is 10.2. The Morgan fingerprint density at radius 2 is 2.32 bits per heavy atom. The number of H-pyrrole nitrogens is 2. The molecule has 3 heterocycles. The number of benzene rings is 1. The van der Waals surface area contributed by atoms with E-state index < -0.39 is 0 Å². The van der Waals surface area contributed by atoms with Gasteiger partial charge < -0.3 is 20.8 Å². The third kappa shape index (κ3) is 2.44. The van der Waals surface area contributed by atoms with Crippen LogP contribution in [0.3, 0.4) is 0 Å². The first-order valence-corrected chi connectivity index (χ1v) is 7.40. The predicted octanol–water partition coefficient (Wildman–Crippen LogP) is 1.07. The average Bonchev–Trinajstić information content (AvgIpc) is 3.13. The summed E-state index contributed by atoms with van der Waals surface area (Å²) in [7, 11) is 0. The number of fused-ring (bicyclic) bond motifs is 1. The molecule has 2 aromatic heterocycles. The standard InChI is InChI=1S/C15H18N6O/c16-11-8-18-21-14(11)15-19-12-2-1-9(6-13(12)20-15)5-10-7-17-3-4-22-10/h1-2,6,8,10,17H,3-5,7,16H2,(H,18,21)(H,19,20). The second kappa shape index (κ2) is 5.43. The summed E-state index contributed by atoms with van der Waals surface area (Å²) >= 11 is 0. The molecule has 5 N–H and O–H groups in total. The zero-order valence-corrected chi connectivity index (χ0v) is 12.1. The molecule has 0 aliphatic carbocycles. The van der Waals surface area contributed by atoms with Gasteiger partial charge in [-0.1, -0.05) is 6.07 Å². The first-order valence-electron chi connectivity index (χ1n) is 7.40. The predicted molar refractivity (Wildman–Crippen MR) is 84.4 cm³/mol. The van der Waals surface area contributed by atoms with E-state index in [-0.39, 0.29) is 6.10 Å². The maximum atomic E-state index is 5.87. The van der Waals surface area contributed by atoms with Gasteiger partial charge in [0.05, 0.1) is 29.4 Å². The van der Waals surface area contributed by atoms with Crippen LogP contribution in [0, 0.1) is 0 Å². The van der Waals surface area contributed by atoms with Crippen LogP contribution in [0.15, 0.2) is 24.4 Å². The first kappa shape index (κ1) is 13.3. The molecule has 1 saturated heterocycles. The van der Waals surface area contributed by atoms with E-state index >= 15 is 0 Å². The topological polar surface area (TPSA) is 105 Å². The second-order valence-corrected chi connectivity index (χ2v) is 5.53. The number of hydrogen-bond acceptors (Lipinski definition) is 5. The van der Waals surface area contributed by atoms with Gasteiger partial charge in [-0.05, 0) is 24.1 Å². The lowest BCUT2D eigenvalue weighted by Crippen LogP contribution is -2.39. The number of hydrogen-bond donors (Lipinski definition) is 4. The van der Waals surface area contributed by atoms with Gasteiger partial charge in [0.1, 0.15) is 0 Å². The Morgan fingerprint density at radius 1 is 1.36 bits per heavy atom. The van der Waals surface area contributed by atoms with Crippen LogP contribution < -0.4 is 11.1 Å². The van der Waals surface area contributed by atoms with E-state index in [2.05, 4.69) is 37.6 Å². The fraction of sp³-hybridized carbons (Fsp3) is 0.333. The second-order valence-electron chi connectivity index (χ2n) is 5.53. The molecule has 0 bridgehead atoms. The first-order chi connectivity index (χ1) is 10.8. The van der Waals surface area contributed by atoms with Gasteiger partial charge in [-0.2, -0.15) is 5.10 Å². The molecule has 1 aromatic carbocycles. The monoisotopic (exact) mass is 298 g/mol. The Kier molecular flexibility index (Phi) is 3.28. The van der Waals surface area contributed by atoms with E-state index in [9.17, 15) is 0 Å². The highest BCUT2D eigenvalue weighted by Gasteiger charge is 2.15. The smallest absolute Gasteiger partial charge is 0.161 e. The normalized spacial score (nSPS) is 18.8. The maximum absolute atomic E-state index is 5.87. The number of ether oxygens (including phenoxy) is 1. The summed E-state index contributed by atoms with van der Waals surface area (Å²) in [4.78, 5) is 7.85. The minimum absolute atomic E-state index is 0.228. The van der Waals surface area contributed by atoms with Crippen molar-refractivity contribution in [1.82, 2.24) is 25.5 Å². The highest BCUT2D eigenvalue weighted by Crippen LogP contribution is 2.24. The van der Waals surface area contributed by atoms with Crippen molar-refractivity contribution in [2.24, 2.45) is 0 Å². The molecule has 0 spiro atoms. The number of nitrogen functional groups attached to an aromatic ring is 1. The third-order valence-electron chi connectivity index (χ3n) is 3.91. The van der Waals surface area contributed by atoms with Crippen molar-refractivity contribution in [3.8, 4) is 11.5 Å². The lowest BCUT2D eigenvalue weighted by molar-refractivity contribution is 0.0292. The van der Waals surface area contributed by atoms with Gasteiger partial charge in [-0.3, -0.25) is 5.10 Å². The molecule has 1 fully saturated rings. The van der Waals surface area contributed by atoms with E-state index in [1.54, 1.807) is 6.20 Å². The molecule has 1 aliphatic rings. The van der Waals surface area contributed by atoms with Gasteiger partial charge >= 0.3 is 0 Å². The Bertz CT molecular complexity index is 786. The molecule has 0 saturated carbocycles. The zero-order valence-electron chi connectivity index (χ0n) is 12.1. The Balaban J connectivity index is 1.62. The SMILES string of the molecule is Nc1c[nH]nc1-c1nc2cc(CC3CNCCO3)ccc2[nH]1. The molecule has 3 aromatic rings. The van der Waals surface area contributed by atoms with Crippen molar-refractivity contribution in [1.29, 1.82) is 0 Å². The molecular formula is C15H18N6O. The summed E-state index contributed by atoms with van der Waals surface area (Å²) in [6.45, 7) is 2.61. The lowest BCUT2D eigenvalue weighted by atomic mass is 10.1. The van der Waals surface area contributed by atoms with Crippen LogP contribution >= 0.6 is 0 Å². The summed E-state index contributed by atoms with van der Waals surface area (Å²) in [5.74, 6) is 0.682. The summed E-state index contributed by atoms with van der Waals surface area (Å²) in [6.07, 6.45) is 2.77. The molecular weight excluding hydrogens is 280 g/mol. The largest absolute Gasteiger partial charge is 0.396 e. The van der Waals surface area contributed by atoms with E-state index in [0.29, 0.717) is 17.2 Å². The van der Waals surface area contributed by atoms with E-state index in [1.807, 2.05) is 6.07 Å². The number of anilines is 1. The van der Waals surface area contributed by atoms with Crippen molar-refractivity contribution in [2.75, 3.05) is 25.4 Å². The third-order valence-corrected chi connectivity index (χ3v) is 3.91. The molecule has 0 radical (unpaired) electrons.